The summed E-state index contributed by atoms with van der Waals surface area (Å²) in [6, 6.07) is 4.69. The van der Waals surface area contributed by atoms with E-state index in [-0.39, 0.29) is 0 Å². The van der Waals surface area contributed by atoms with Crippen molar-refractivity contribution in [1.82, 2.24) is 4.90 Å². The van der Waals surface area contributed by atoms with Crippen molar-refractivity contribution >= 4 is 6.29 Å². The van der Waals surface area contributed by atoms with Crippen molar-refractivity contribution in [2.24, 2.45) is 11.8 Å². The van der Waals surface area contributed by atoms with Gasteiger partial charge in [0.25, 0.3) is 0 Å². The Morgan fingerprint density at radius 2 is 1.96 bits per heavy atom. The maximum atomic E-state index is 11.1. The number of nitrogens with zero attached hydrogens (tertiary/aromatic N) is 1. The van der Waals surface area contributed by atoms with Gasteiger partial charge in [-0.15, -0.1) is 0 Å². The molecule has 3 atom stereocenters. The minimum absolute atomic E-state index is 0.409. The first-order valence-corrected chi connectivity index (χ1v) is 8.64. The number of fused-ring (bicyclic) bond motifs is 3. The highest BCUT2D eigenvalue weighted by atomic mass is 16.5. The Hall–Kier alpha value is -1.55. The Balaban J connectivity index is 1.94. The zero-order valence-corrected chi connectivity index (χ0v) is 14.4. The molecule has 2 unspecified atom stereocenters. The number of carbonyl (C=O) groups excluding carboxylic acids is 1. The monoisotopic (exact) mass is 317 g/mol. The van der Waals surface area contributed by atoms with Crippen LogP contribution >= 0.6 is 0 Å². The Morgan fingerprint density at radius 1 is 1.22 bits per heavy atom. The van der Waals surface area contributed by atoms with Crippen LogP contribution in [-0.4, -0.2) is 38.5 Å². The van der Waals surface area contributed by atoms with Gasteiger partial charge < -0.3 is 14.3 Å². The molecule has 0 aromatic heterocycles. The van der Waals surface area contributed by atoms with Crippen LogP contribution in [-0.2, 0) is 11.2 Å². The first-order chi connectivity index (χ1) is 11.2. The fourth-order valence-electron chi connectivity index (χ4n) is 4.38. The van der Waals surface area contributed by atoms with Crippen LogP contribution in [0, 0.1) is 11.8 Å². The molecular formula is C19H27NO3. The summed E-state index contributed by atoms with van der Waals surface area (Å²) in [7, 11) is 3.37. The number of methoxy groups -OCH3 is 2. The third-order valence-corrected chi connectivity index (χ3v) is 5.70. The molecule has 1 fully saturated rings. The van der Waals surface area contributed by atoms with Crippen molar-refractivity contribution in [2.45, 2.75) is 38.6 Å². The van der Waals surface area contributed by atoms with E-state index in [4.69, 9.17) is 9.47 Å². The maximum Gasteiger partial charge on any atom is 0.161 e. The van der Waals surface area contributed by atoms with Gasteiger partial charge in [0.1, 0.15) is 6.29 Å². The summed E-state index contributed by atoms with van der Waals surface area (Å²) in [5.41, 5.74) is 2.73. The van der Waals surface area contributed by atoms with E-state index in [0.29, 0.717) is 24.3 Å². The first kappa shape index (κ1) is 16.3. The Kier molecular flexibility index (Phi) is 4.90. The van der Waals surface area contributed by atoms with E-state index in [1.807, 2.05) is 0 Å². The summed E-state index contributed by atoms with van der Waals surface area (Å²) in [4.78, 5) is 13.7. The van der Waals surface area contributed by atoms with Crippen LogP contribution in [0.3, 0.4) is 0 Å². The van der Waals surface area contributed by atoms with Gasteiger partial charge in [0.05, 0.1) is 14.2 Å². The molecule has 1 saturated heterocycles. The number of rotatable bonds is 5. The molecule has 0 N–H and O–H groups in total. The van der Waals surface area contributed by atoms with Crippen LogP contribution in [0.4, 0.5) is 0 Å². The van der Waals surface area contributed by atoms with Crippen molar-refractivity contribution < 1.29 is 14.3 Å². The number of aldehydes is 1. The molecule has 4 nitrogen and oxygen atoms in total. The minimum atomic E-state index is 0.409. The molecule has 0 radical (unpaired) electrons. The number of ether oxygens (including phenoxy) is 2. The molecular weight excluding hydrogens is 290 g/mol. The van der Waals surface area contributed by atoms with Crippen molar-refractivity contribution in [1.29, 1.82) is 0 Å². The molecule has 2 aliphatic heterocycles. The van der Waals surface area contributed by atoms with E-state index in [0.717, 1.165) is 50.1 Å². The second kappa shape index (κ2) is 6.91. The molecule has 1 aromatic rings. The summed E-state index contributed by atoms with van der Waals surface area (Å²) < 4.78 is 10.9. The van der Waals surface area contributed by atoms with Crippen molar-refractivity contribution in [3.63, 3.8) is 0 Å². The van der Waals surface area contributed by atoms with Gasteiger partial charge in [-0.2, -0.15) is 0 Å². The van der Waals surface area contributed by atoms with E-state index >= 15 is 0 Å². The standard InChI is InChI=1S/C19H27NO3/c1-4-13-12-20-7-5-15-10-18(22-2)19(23-3)11-16(15)17(20)9-14(13)6-8-21/h8,10-11,13-14,17H,4-7,9,12H2,1-3H3/t13?,14?,17-/m0/s1. The average molecular weight is 317 g/mol. The highest BCUT2D eigenvalue weighted by molar-refractivity contribution is 5.51. The van der Waals surface area contributed by atoms with Crippen molar-refractivity contribution in [3.8, 4) is 11.5 Å². The lowest BCUT2D eigenvalue weighted by atomic mass is 9.75. The van der Waals surface area contributed by atoms with E-state index in [2.05, 4.69) is 24.0 Å². The van der Waals surface area contributed by atoms with Gasteiger partial charge >= 0.3 is 0 Å². The molecule has 126 valence electrons. The zero-order valence-electron chi connectivity index (χ0n) is 14.4. The van der Waals surface area contributed by atoms with Crippen LogP contribution in [0.5, 0.6) is 11.5 Å². The predicted octanol–water partition coefficient (Wildman–Crippen LogP) is 3.24. The second-order valence-corrected chi connectivity index (χ2v) is 6.73. The quantitative estimate of drug-likeness (QED) is 0.782. The van der Waals surface area contributed by atoms with Gasteiger partial charge in [-0.25, -0.2) is 0 Å². The SMILES string of the molecule is CCC1CN2CCc3cc(OC)c(OC)cc3[C@@H]2CC1CC=O. The van der Waals surface area contributed by atoms with Crippen molar-refractivity contribution in [3.05, 3.63) is 23.3 Å². The number of hydrogen-bond acceptors (Lipinski definition) is 4. The van der Waals surface area contributed by atoms with Gasteiger partial charge in [-0.05, 0) is 47.9 Å². The molecule has 0 saturated carbocycles. The zero-order chi connectivity index (χ0) is 16.4. The van der Waals surface area contributed by atoms with E-state index in [1.165, 1.54) is 11.1 Å². The molecule has 4 heteroatoms. The lowest BCUT2D eigenvalue weighted by molar-refractivity contribution is -0.109. The largest absolute Gasteiger partial charge is 0.493 e. The van der Waals surface area contributed by atoms with Crippen LogP contribution < -0.4 is 9.47 Å². The topological polar surface area (TPSA) is 38.8 Å². The summed E-state index contributed by atoms with van der Waals surface area (Å²) in [6.45, 7) is 4.44. The second-order valence-electron chi connectivity index (χ2n) is 6.73. The maximum absolute atomic E-state index is 11.1. The van der Waals surface area contributed by atoms with Crippen molar-refractivity contribution in [2.75, 3.05) is 27.3 Å². The van der Waals surface area contributed by atoms with Gasteiger partial charge in [-0.3, -0.25) is 4.90 Å². The van der Waals surface area contributed by atoms with Gasteiger partial charge in [0.2, 0.25) is 0 Å². The number of hydrogen-bond donors (Lipinski definition) is 0. The Morgan fingerprint density at radius 3 is 2.61 bits per heavy atom. The fraction of sp³-hybridized carbons (Fsp3) is 0.632. The molecule has 3 rings (SSSR count). The molecule has 0 aliphatic carbocycles. The third-order valence-electron chi connectivity index (χ3n) is 5.70. The molecule has 1 aromatic carbocycles. The lowest BCUT2D eigenvalue weighted by Crippen LogP contribution is -2.45. The van der Waals surface area contributed by atoms with E-state index in [1.54, 1.807) is 14.2 Å². The predicted molar refractivity (Wildman–Crippen MR) is 90.1 cm³/mol. The smallest absolute Gasteiger partial charge is 0.161 e. The van der Waals surface area contributed by atoms with Crippen LogP contribution in [0.25, 0.3) is 0 Å². The first-order valence-electron chi connectivity index (χ1n) is 8.64. The molecule has 2 aliphatic rings. The number of piperidine rings is 1. The number of carbonyl (C=O) groups is 1. The third kappa shape index (κ3) is 2.97. The molecule has 0 bridgehead atoms. The Bertz CT molecular complexity index is 572. The fourth-order valence-corrected chi connectivity index (χ4v) is 4.38. The summed E-state index contributed by atoms with van der Waals surface area (Å²) >= 11 is 0. The van der Waals surface area contributed by atoms with E-state index in [9.17, 15) is 4.79 Å². The normalized spacial score (nSPS) is 27.0. The minimum Gasteiger partial charge on any atom is -0.493 e. The lowest BCUT2D eigenvalue weighted by Gasteiger charge is -2.47. The number of benzene rings is 1. The molecule has 0 spiro atoms. The average Bonchev–Trinajstić information content (AvgIpc) is 2.60. The summed E-state index contributed by atoms with van der Waals surface area (Å²) in [6.07, 6.45) is 5.06. The van der Waals surface area contributed by atoms with Crippen LogP contribution in [0.2, 0.25) is 0 Å². The molecule has 2 heterocycles. The van der Waals surface area contributed by atoms with Crippen LogP contribution in [0.1, 0.15) is 43.4 Å². The Labute approximate surface area is 138 Å². The highest BCUT2D eigenvalue weighted by Gasteiger charge is 2.38. The van der Waals surface area contributed by atoms with Gasteiger partial charge in [0.15, 0.2) is 11.5 Å². The van der Waals surface area contributed by atoms with E-state index < -0.39 is 0 Å². The summed E-state index contributed by atoms with van der Waals surface area (Å²) in [5, 5.41) is 0. The molecule has 23 heavy (non-hydrogen) atoms. The van der Waals surface area contributed by atoms with Crippen LogP contribution in [0.15, 0.2) is 12.1 Å². The highest BCUT2D eigenvalue weighted by Crippen LogP contribution is 2.45. The summed E-state index contributed by atoms with van der Waals surface area (Å²) in [5.74, 6) is 2.75. The van der Waals surface area contributed by atoms with Gasteiger partial charge in [0, 0.05) is 25.6 Å². The van der Waals surface area contributed by atoms with Gasteiger partial charge in [-0.1, -0.05) is 13.3 Å². The molecule has 0 amide bonds.